The molecular weight excluding hydrogens is 182 g/mol. The van der Waals surface area contributed by atoms with Gasteiger partial charge < -0.3 is 9.73 Å². The number of rotatable bonds is 2. The van der Waals surface area contributed by atoms with Crippen molar-refractivity contribution in [2.45, 2.75) is 33.7 Å². The number of carbonyl (C=O) groups excluding carboxylic acids is 1. The van der Waals surface area contributed by atoms with Gasteiger partial charge in [0, 0.05) is 6.04 Å². The summed E-state index contributed by atoms with van der Waals surface area (Å²) in [5.41, 5.74) is 0.00960. The Morgan fingerprint density at radius 1 is 1.57 bits per heavy atom. The quantitative estimate of drug-likeness (QED) is 0.774. The van der Waals surface area contributed by atoms with Gasteiger partial charge in [0.15, 0.2) is 0 Å². The molecule has 0 aliphatic heterocycles. The van der Waals surface area contributed by atoms with Gasteiger partial charge in [-0.2, -0.15) is 0 Å². The molecule has 0 saturated heterocycles. The number of amides is 1. The Morgan fingerprint density at radius 3 is 2.64 bits per heavy atom. The summed E-state index contributed by atoms with van der Waals surface area (Å²) in [6, 6.07) is 0.0434. The number of nitrogens with one attached hydrogen (secondary N) is 1. The monoisotopic (exact) mass is 197 g/mol. The molecule has 1 amide bonds. The van der Waals surface area contributed by atoms with Crippen molar-refractivity contribution in [2.24, 2.45) is 5.41 Å². The van der Waals surface area contributed by atoms with Crippen molar-refractivity contribution in [3.8, 4) is 0 Å². The molecular formula is C9H15N3O2. The molecule has 14 heavy (non-hydrogen) atoms. The minimum atomic E-state index is -0.329. The largest absolute Gasteiger partial charge is 0.420 e. The van der Waals surface area contributed by atoms with Gasteiger partial charge in [-0.05, 0) is 12.3 Å². The predicted octanol–water partition coefficient (Wildman–Crippen LogP) is 1.23. The minimum Gasteiger partial charge on any atom is -0.420 e. The lowest BCUT2D eigenvalue weighted by Crippen LogP contribution is -2.41. The Morgan fingerprint density at radius 2 is 2.21 bits per heavy atom. The van der Waals surface area contributed by atoms with Crippen LogP contribution in [-0.4, -0.2) is 22.1 Å². The number of nitrogens with zero attached hydrogens (tertiary/aromatic N) is 2. The molecule has 5 heteroatoms. The van der Waals surface area contributed by atoms with Crippen LogP contribution in [0.3, 0.4) is 0 Å². The molecule has 0 bridgehead atoms. The second kappa shape index (κ2) is 3.77. The molecule has 0 fully saturated rings. The first-order valence-corrected chi connectivity index (χ1v) is 4.48. The molecule has 1 aromatic heterocycles. The fraction of sp³-hybridized carbons (Fsp3) is 0.667. The molecule has 78 valence electrons. The van der Waals surface area contributed by atoms with Crippen LogP contribution in [0.4, 0.5) is 0 Å². The summed E-state index contributed by atoms with van der Waals surface area (Å²) < 4.78 is 4.77. The molecule has 1 atom stereocenters. The lowest BCUT2D eigenvalue weighted by molar-refractivity contribution is 0.0874. The Labute approximate surface area is 82.9 Å². The fourth-order valence-corrected chi connectivity index (χ4v) is 0.747. The Balaban J connectivity index is 2.58. The van der Waals surface area contributed by atoms with Crippen LogP contribution in [0.2, 0.25) is 0 Å². The second-order valence-electron chi connectivity index (χ2n) is 4.31. The summed E-state index contributed by atoms with van der Waals surface area (Å²) >= 11 is 0. The zero-order valence-corrected chi connectivity index (χ0v) is 8.87. The van der Waals surface area contributed by atoms with E-state index in [-0.39, 0.29) is 23.3 Å². The predicted molar refractivity (Wildman–Crippen MR) is 50.7 cm³/mol. The first kappa shape index (κ1) is 10.7. The Hall–Kier alpha value is -1.39. The molecule has 0 radical (unpaired) electrons. The summed E-state index contributed by atoms with van der Waals surface area (Å²) in [6.07, 6.45) is 1.14. The highest BCUT2D eigenvalue weighted by Gasteiger charge is 2.23. The van der Waals surface area contributed by atoms with Gasteiger partial charge in [-0.1, -0.05) is 20.8 Å². The topological polar surface area (TPSA) is 68.0 Å². The maximum atomic E-state index is 11.5. The van der Waals surface area contributed by atoms with Crippen molar-refractivity contribution in [3.63, 3.8) is 0 Å². The molecule has 5 nitrogen and oxygen atoms in total. The minimum absolute atomic E-state index is 0.00102. The second-order valence-corrected chi connectivity index (χ2v) is 4.31. The molecule has 0 aromatic carbocycles. The smallest absolute Gasteiger partial charge is 0.309 e. The van der Waals surface area contributed by atoms with Gasteiger partial charge in [0.25, 0.3) is 0 Å². The number of hydrogen-bond acceptors (Lipinski definition) is 4. The molecule has 0 spiro atoms. The highest BCUT2D eigenvalue weighted by atomic mass is 16.4. The van der Waals surface area contributed by atoms with Crippen LogP contribution < -0.4 is 5.32 Å². The average molecular weight is 197 g/mol. The van der Waals surface area contributed by atoms with Crippen LogP contribution in [0.5, 0.6) is 0 Å². The van der Waals surface area contributed by atoms with E-state index in [0.29, 0.717) is 0 Å². The zero-order chi connectivity index (χ0) is 10.8. The molecule has 0 saturated carbocycles. The van der Waals surface area contributed by atoms with Gasteiger partial charge in [-0.15, -0.1) is 10.2 Å². The van der Waals surface area contributed by atoms with Gasteiger partial charge in [0.2, 0.25) is 6.39 Å². The maximum absolute atomic E-state index is 11.5. The van der Waals surface area contributed by atoms with Crippen LogP contribution in [0.15, 0.2) is 10.8 Å². The summed E-state index contributed by atoms with van der Waals surface area (Å²) in [5, 5.41) is 9.74. The molecule has 0 aliphatic carbocycles. The van der Waals surface area contributed by atoms with Crippen LogP contribution >= 0.6 is 0 Å². The van der Waals surface area contributed by atoms with Crippen LogP contribution in [-0.2, 0) is 0 Å². The summed E-state index contributed by atoms with van der Waals surface area (Å²) in [6.45, 7) is 8.08. The Bertz CT molecular complexity index is 300. The third-order valence-corrected chi connectivity index (χ3v) is 2.20. The van der Waals surface area contributed by atoms with E-state index in [1.807, 2.05) is 27.7 Å². The van der Waals surface area contributed by atoms with Crippen molar-refractivity contribution in [1.29, 1.82) is 0 Å². The van der Waals surface area contributed by atoms with Crippen molar-refractivity contribution >= 4 is 5.91 Å². The van der Waals surface area contributed by atoms with Crippen molar-refractivity contribution in [2.75, 3.05) is 0 Å². The van der Waals surface area contributed by atoms with Crippen LogP contribution in [0.1, 0.15) is 38.4 Å². The van der Waals surface area contributed by atoms with E-state index in [9.17, 15) is 4.79 Å². The van der Waals surface area contributed by atoms with Crippen LogP contribution in [0.25, 0.3) is 0 Å². The standard InChI is InChI=1S/C9H15N3O2/c1-6(9(2,3)4)11-7(13)8-12-10-5-14-8/h5-6H,1-4H3,(H,11,13). The van der Waals surface area contributed by atoms with E-state index in [1.165, 1.54) is 0 Å². The molecule has 0 aliphatic rings. The van der Waals surface area contributed by atoms with Gasteiger partial charge in [-0.3, -0.25) is 4.79 Å². The molecule has 1 heterocycles. The lowest BCUT2D eigenvalue weighted by Gasteiger charge is -2.27. The summed E-state index contributed by atoms with van der Waals surface area (Å²) in [5.74, 6) is -0.328. The molecule has 1 aromatic rings. The maximum Gasteiger partial charge on any atom is 0.309 e. The van der Waals surface area contributed by atoms with Gasteiger partial charge >= 0.3 is 11.8 Å². The van der Waals surface area contributed by atoms with Gasteiger partial charge in [0.05, 0.1) is 0 Å². The number of aromatic nitrogens is 2. The third-order valence-electron chi connectivity index (χ3n) is 2.20. The fourth-order valence-electron chi connectivity index (χ4n) is 0.747. The highest BCUT2D eigenvalue weighted by molar-refractivity contribution is 5.89. The van der Waals surface area contributed by atoms with Crippen molar-refractivity contribution in [1.82, 2.24) is 15.5 Å². The van der Waals surface area contributed by atoms with E-state index < -0.39 is 0 Å². The third kappa shape index (κ3) is 2.55. The van der Waals surface area contributed by atoms with E-state index in [0.717, 1.165) is 6.39 Å². The average Bonchev–Trinajstić information content (AvgIpc) is 2.53. The van der Waals surface area contributed by atoms with Gasteiger partial charge in [-0.25, -0.2) is 0 Å². The SMILES string of the molecule is CC(NC(=O)c1nnco1)C(C)(C)C. The molecule has 1 N–H and O–H groups in total. The molecule has 1 unspecified atom stereocenters. The van der Waals surface area contributed by atoms with E-state index in [2.05, 4.69) is 15.5 Å². The first-order chi connectivity index (χ1) is 6.41. The highest BCUT2D eigenvalue weighted by Crippen LogP contribution is 2.18. The number of hydrogen-bond donors (Lipinski definition) is 1. The Kier molecular flexibility index (Phi) is 2.88. The molecule has 1 rings (SSSR count). The summed E-state index contributed by atoms with van der Waals surface area (Å²) in [7, 11) is 0. The number of carbonyl (C=O) groups is 1. The van der Waals surface area contributed by atoms with E-state index >= 15 is 0 Å². The van der Waals surface area contributed by atoms with Crippen molar-refractivity contribution < 1.29 is 9.21 Å². The van der Waals surface area contributed by atoms with Gasteiger partial charge in [0.1, 0.15) is 0 Å². The van der Waals surface area contributed by atoms with E-state index in [4.69, 9.17) is 4.42 Å². The zero-order valence-electron chi connectivity index (χ0n) is 8.87. The lowest BCUT2D eigenvalue weighted by atomic mass is 9.88. The normalized spacial score (nSPS) is 13.7. The van der Waals surface area contributed by atoms with E-state index in [1.54, 1.807) is 0 Å². The van der Waals surface area contributed by atoms with Crippen molar-refractivity contribution in [3.05, 3.63) is 12.3 Å². The van der Waals surface area contributed by atoms with Crippen LogP contribution in [0, 0.1) is 5.41 Å². The summed E-state index contributed by atoms with van der Waals surface area (Å²) in [4.78, 5) is 11.5. The first-order valence-electron chi connectivity index (χ1n) is 4.48.